The van der Waals surface area contributed by atoms with Gasteiger partial charge in [-0.2, -0.15) is 0 Å². The Balaban J connectivity index is 0. The summed E-state index contributed by atoms with van der Waals surface area (Å²) >= 11 is 0. The number of rotatable bonds is 3. The van der Waals surface area contributed by atoms with E-state index in [9.17, 15) is 0 Å². The molecule has 0 amide bonds. The van der Waals surface area contributed by atoms with Crippen LogP contribution in [0.15, 0.2) is 49.6 Å². The van der Waals surface area contributed by atoms with Crippen molar-refractivity contribution in [3.05, 3.63) is 60.7 Å². The van der Waals surface area contributed by atoms with Crippen molar-refractivity contribution in [3.8, 4) is 0 Å². The van der Waals surface area contributed by atoms with E-state index >= 15 is 0 Å². The van der Waals surface area contributed by atoms with E-state index in [1.165, 1.54) is 5.56 Å². The highest BCUT2D eigenvalue weighted by molar-refractivity contribution is 5.73. The van der Waals surface area contributed by atoms with Crippen LogP contribution >= 0.6 is 0 Å². The molecule has 1 rings (SSSR count). The van der Waals surface area contributed by atoms with Gasteiger partial charge in [0.25, 0.3) is 0 Å². The summed E-state index contributed by atoms with van der Waals surface area (Å²) in [6.45, 7) is 17.5. The van der Waals surface area contributed by atoms with Gasteiger partial charge in [-0.25, -0.2) is 0 Å². The van der Waals surface area contributed by atoms with Crippen LogP contribution in [0, 0.1) is 0 Å². The first-order valence-electron chi connectivity index (χ1n) is 6.33. The minimum Gasteiger partial charge on any atom is -0.0985 e. The van der Waals surface area contributed by atoms with E-state index in [2.05, 4.69) is 43.5 Å². The van der Waals surface area contributed by atoms with Crippen molar-refractivity contribution in [3.63, 3.8) is 0 Å². The van der Waals surface area contributed by atoms with Crippen molar-refractivity contribution in [2.75, 3.05) is 0 Å². The minimum absolute atomic E-state index is 1.14. The second-order valence-electron chi connectivity index (χ2n) is 2.77. The van der Waals surface area contributed by atoms with Crippen LogP contribution in [0.25, 0.3) is 11.6 Å². The van der Waals surface area contributed by atoms with Crippen molar-refractivity contribution in [1.82, 2.24) is 0 Å². The van der Waals surface area contributed by atoms with Gasteiger partial charge in [0.05, 0.1) is 0 Å². The summed E-state index contributed by atoms with van der Waals surface area (Å²) in [4.78, 5) is 0. The van der Waals surface area contributed by atoms with Gasteiger partial charge in [-0.1, -0.05) is 83.3 Å². The molecule has 0 bridgehead atoms. The summed E-state index contributed by atoms with van der Waals surface area (Å²) in [6, 6.07) is 8.26. The molecule has 0 heteroatoms. The van der Waals surface area contributed by atoms with E-state index in [1.54, 1.807) is 0 Å². The zero-order valence-electron chi connectivity index (χ0n) is 12.0. The van der Waals surface area contributed by atoms with Crippen LogP contribution in [0.4, 0.5) is 0 Å². The van der Waals surface area contributed by atoms with Crippen LogP contribution in [0.5, 0.6) is 0 Å². The zero-order valence-corrected chi connectivity index (χ0v) is 12.0. The van der Waals surface area contributed by atoms with Crippen molar-refractivity contribution in [2.24, 2.45) is 0 Å². The van der Waals surface area contributed by atoms with Gasteiger partial charge in [-0.05, 0) is 23.6 Å². The summed E-state index contributed by atoms with van der Waals surface area (Å²) in [6.07, 6.45) is 5.76. The molecular formula is C17H26. The summed E-state index contributed by atoms with van der Waals surface area (Å²) in [5.74, 6) is 0. The molecule has 0 nitrogen and oxygen atoms in total. The number of allylic oxidation sites excluding steroid dienone is 3. The van der Waals surface area contributed by atoms with E-state index in [4.69, 9.17) is 0 Å². The summed E-state index contributed by atoms with van der Waals surface area (Å²) in [5, 5.41) is 0. The first-order chi connectivity index (χ1) is 8.31. The Kier molecular flexibility index (Phi) is 13.1. The molecule has 0 spiro atoms. The molecule has 0 aliphatic carbocycles. The normalized spacial score (nSPS) is 9.12. The van der Waals surface area contributed by atoms with Gasteiger partial charge in [0.15, 0.2) is 0 Å². The molecule has 0 aromatic heterocycles. The van der Waals surface area contributed by atoms with E-state index in [0.717, 1.165) is 11.1 Å². The van der Waals surface area contributed by atoms with Gasteiger partial charge < -0.3 is 0 Å². The highest BCUT2D eigenvalue weighted by Crippen LogP contribution is 2.16. The van der Waals surface area contributed by atoms with Gasteiger partial charge in [0.1, 0.15) is 0 Å². The third kappa shape index (κ3) is 6.57. The first-order valence-corrected chi connectivity index (χ1v) is 6.33. The molecular weight excluding hydrogens is 204 g/mol. The van der Waals surface area contributed by atoms with E-state index in [-0.39, 0.29) is 0 Å². The highest BCUT2D eigenvalue weighted by Gasteiger charge is 1.94. The molecule has 0 fully saturated rings. The molecule has 1 aromatic carbocycles. The third-order valence-corrected chi connectivity index (χ3v) is 2.01. The van der Waals surface area contributed by atoms with Crippen molar-refractivity contribution in [1.29, 1.82) is 0 Å². The Hall–Kier alpha value is -1.56. The largest absolute Gasteiger partial charge is 0.0985 e. The molecule has 0 heterocycles. The Morgan fingerprint density at radius 1 is 0.941 bits per heavy atom. The highest BCUT2D eigenvalue weighted by atomic mass is 14.0. The van der Waals surface area contributed by atoms with Crippen LogP contribution < -0.4 is 0 Å². The fourth-order valence-corrected chi connectivity index (χ4v) is 1.21. The fraction of sp³-hybridized carbons (Fsp3) is 0.294. The lowest BCUT2D eigenvalue weighted by Crippen LogP contribution is -1.80. The minimum atomic E-state index is 1.14. The second kappa shape index (κ2) is 12.5. The Bertz CT molecular complexity index is 326. The Morgan fingerprint density at radius 3 is 1.71 bits per heavy atom. The van der Waals surface area contributed by atoms with Crippen LogP contribution in [0.2, 0.25) is 0 Å². The monoisotopic (exact) mass is 230 g/mol. The summed E-state index contributed by atoms with van der Waals surface area (Å²) < 4.78 is 0. The van der Waals surface area contributed by atoms with Crippen molar-refractivity contribution in [2.45, 2.75) is 34.6 Å². The molecule has 17 heavy (non-hydrogen) atoms. The standard InChI is InChI=1S/C13H14.2C2H6/c1-4-11-7-9-13(10-8-11)12(5-2)6-3;2*1-2/h4-10H,1-2H2,3H3;2*1-2H3/b12-6+;;. The average molecular weight is 230 g/mol. The van der Waals surface area contributed by atoms with Gasteiger partial charge in [-0.15, -0.1) is 0 Å². The third-order valence-electron chi connectivity index (χ3n) is 2.01. The quantitative estimate of drug-likeness (QED) is 0.561. The van der Waals surface area contributed by atoms with Gasteiger partial charge in [-0.3, -0.25) is 0 Å². The topological polar surface area (TPSA) is 0 Å². The molecule has 0 saturated heterocycles. The predicted octanol–water partition coefficient (Wildman–Crippen LogP) is 5.97. The second-order valence-corrected chi connectivity index (χ2v) is 2.77. The SMILES string of the molecule is C=C/C(=C\C)c1ccc(C=C)cc1.CC.CC. The molecule has 0 atom stereocenters. The van der Waals surface area contributed by atoms with Gasteiger partial charge in [0, 0.05) is 0 Å². The molecule has 0 aliphatic heterocycles. The predicted molar refractivity (Wildman–Crippen MR) is 83.1 cm³/mol. The molecule has 0 N–H and O–H groups in total. The Labute approximate surface area is 107 Å². The Morgan fingerprint density at radius 2 is 1.41 bits per heavy atom. The first kappa shape index (κ1) is 17.8. The number of benzene rings is 1. The van der Waals surface area contributed by atoms with Crippen molar-refractivity contribution < 1.29 is 0 Å². The maximum atomic E-state index is 3.76. The van der Waals surface area contributed by atoms with E-state index in [1.807, 2.05) is 46.8 Å². The van der Waals surface area contributed by atoms with Crippen LogP contribution in [0.1, 0.15) is 45.7 Å². The molecule has 94 valence electrons. The molecule has 0 unspecified atom stereocenters. The lowest BCUT2D eigenvalue weighted by atomic mass is 10.0. The molecule has 0 aliphatic rings. The lowest BCUT2D eigenvalue weighted by molar-refractivity contribution is 1.50. The van der Waals surface area contributed by atoms with Crippen molar-refractivity contribution >= 4 is 11.6 Å². The molecule has 0 saturated carbocycles. The lowest BCUT2D eigenvalue weighted by Gasteiger charge is -2.01. The number of hydrogen-bond acceptors (Lipinski definition) is 0. The van der Waals surface area contributed by atoms with Crippen LogP contribution in [-0.2, 0) is 0 Å². The van der Waals surface area contributed by atoms with Crippen LogP contribution in [0.3, 0.4) is 0 Å². The zero-order chi connectivity index (χ0) is 13.7. The summed E-state index contributed by atoms with van der Waals surface area (Å²) in [5.41, 5.74) is 3.50. The van der Waals surface area contributed by atoms with Gasteiger partial charge in [0.2, 0.25) is 0 Å². The summed E-state index contributed by atoms with van der Waals surface area (Å²) in [7, 11) is 0. The molecule has 1 aromatic rings. The van der Waals surface area contributed by atoms with E-state index in [0.29, 0.717) is 0 Å². The van der Waals surface area contributed by atoms with Crippen LogP contribution in [-0.4, -0.2) is 0 Å². The number of hydrogen-bond donors (Lipinski definition) is 0. The fourth-order valence-electron chi connectivity index (χ4n) is 1.21. The smallest absolute Gasteiger partial charge is 0.0187 e. The van der Waals surface area contributed by atoms with E-state index < -0.39 is 0 Å². The maximum Gasteiger partial charge on any atom is -0.0187 e. The average Bonchev–Trinajstić information content (AvgIpc) is 2.45. The van der Waals surface area contributed by atoms with Gasteiger partial charge >= 0.3 is 0 Å². The maximum absolute atomic E-state index is 3.76. The molecule has 0 radical (unpaired) electrons.